The molecule has 1 saturated heterocycles. The number of nitrogens with one attached hydrogen (secondary N) is 2. The van der Waals surface area contributed by atoms with E-state index in [1.54, 1.807) is 11.1 Å². The second-order valence-corrected chi connectivity index (χ2v) is 4.86. The third kappa shape index (κ3) is 3.70. The van der Waals surface area contributed by atoms with Crippen molar-refractivity contribution in [2.24, 2.45) is 0 Å². The van der Waals surface area contributed by atoms with Crippen molar-refractivity contribution in [2.45, 2.75) is 38.8 Å². The minimum atomic E-state index is -0.192. The highest BCUT2D eigenvalue weighted by Crippen LogP contribution is 2.16. The first kappa shape index (κ1) is 13.9. The molecule has 1 aliphatic rings. The molecular formula is C13H22N4O2. The number of amides is 1. The van der Waals surface area contributed by atoms with Crippen LogP contribution in [-0.2, 0) is 4.74 Å². The summed E-state index contributed by atoms with van der Waals surface area (Å²) < 4.78 is 5.01. The molecule has 0 saturated carbocycles. The fourth-order valence-electron chi connectivity index (χ4n) is 2.39. The summed E-state index contributed by atoms with van der Waals surface area (Å²) in [6.45, 7) is 5.90. The first-order valence-electron chi connectivity index (χ1n) is 6.87. The Morgan fingerprint density at radius 1 is 1.63 bits per heavy atom. The molecule has 1 aliphatic heterocycles. The quantitative estimate of drug-likeness (QED) is 0.870. The van der Waals surface area contributed by atoms with Gasteiger partial charge in [0.05, 0.1) is 12.3 Å². The topological polar surface area (TPSA) is 70.2 Å². The van der Waals surface area contributed by atoms with Crippen molar-refractivity contribution < 1.29 is 9.53 Å². The number of hydrogen-bond acceptors (Lipinski definition) is 4. The van der Waals surface area contributed by atoms with Crippen molar-refractivity contribution in [2.75, 3.05) is 19.7 Å². The Morgan fingerprint density at radius 2 is 2.37 bits per heavy atom. The lowest BCUT2D eigenvalue weighted by Gasteiger charge is -2.33. The Labute approximate surface area is 113 Å². The number of H-pyrrole nitrogens is 1. The van der Waals surface area contributed by atoms with Crippen molar-refractivity contribution >= 4 is 6.09 Å². The number of aromatic nitrogens is 2. The van der Waals surface area contributed by atoms with Crippen molar-refractivity contribution in [3.63, 3.8) is 0 Å². The summed E-state index contributed by atoms with van der Waals surface area (Å²) in [5, 5.41) is 10.5. The monoisotopic (exact) mass is 266 g/mol. The summed E-state index contributed by atoms with van der Waals surface area (Å²) in [5.74, 6) is 0. The molecule has 0 radical (unpaired) electrons. The van der Waals surface area contributed by atoms with Crippen LogP contribution in [0.3, 0.4) is 0 Å². The van der Waals surface area contributed by atoms with Gasteiger partial charge in [-0.25, -0.2) is 4.79 Å². The van der Waals surface area contributed by atoms with Crippen LogP contribution < -0.4 is 5.32 Å². The maximum absolute atomic E-state index is 11.6. The Bertz CT molecular complexity index is 385. The predicted molar refractivity (Wildman–Crippen MR) is 71.8 cm³/mol. The second-order valence-electron chi connectivity index (χ2n) is 4.86. The highest BCUT2D eigenvalue weighted by molar-refractivity contribution is 5.67. The van der Waals surface area contributed by atoms with Gasteiger partial charge >= 0.3 is 6.09 Å². The lowest BCUT2D eigenvalue weighted by atomic mass is 10.0. The normalized spacial score (nSPS) is 18.3. The third-order valence-electron chi connectivity index (χ3n) is 3.50. The summed E-state index contributed by atoms with van der Waals surface area (Å²) in [4.78, 5) is 13.4. The molecule has 1 atom stereocenters. The molecule has 0 spiro atoms. The molecular weight excluding hydrogens is 244 g/mol. The molecule has 2 rings (SSSR count). The third-order valence-corrected chi connectivity index (χ3v) is 3.50. The van der Waals surface area contributed by atoms with Gasteiger partial charge in [-0.05, 0) is 32.8 Å². The van der Waals surface area contributed by atoms with Gasteiger partial charge in [-0.3, -0.25) is 5.10 Å². The van der Waals surface area contributed by atoms with E-state index in [4.69, 9.17) is 4.74 Å². The molecule has 2 N–H and O–H groups in total. The van der Waals surface area contributed by atoms with E-state index in [-0.39, 0.29) is 12.1 Å². The van der Waals surface area contributed by atoms with Gasteiger partial charge in [0, 0.05) is 31.4 Å². The standard InChI is InChI=1S/C13H22N4O2/c1-3-19-13(18)17-8-5-11(6-9-17)15-10(2)12-4-7-14-16-12/h4,7,10-11,15H,3,5-6,8-9H2,1-2H3,(H,14,16). The van der Waals surface area contributed by atoms with Crippen LogP contribution in [0.1, 0.15) is 38.4 Å². The van der Waals surface area contributed by atoms with Crippen molar-refractivity contribution in [3.8, 4) is 0 Å². The molecule has 1 aromatic rings. The van der Waals surface area contributed by atoms with E-state index >= 15 is 0 Å². The first-order valence-corrected chi connectivity index (χ1v) is 6.87. The van der Waals surface area contributed by atoms with Crippen LogP contribution in [0.2, 0.25) is 0 Å². The predicted octanol–water partition coefficient (Wildman–Crippen LogP) is 1.68. The summed E-state index contributed by atoms with van der Waals surface area (Å²) in [6, 6.07) is 2.66. The molecule has 1 fully saturated rings. The Hall–Kier alpha value is -1.56. The fourth-order valence-corrected chi connectivity index (χ4v) is 2.39. The summed E-state index contributed by atoms with van der Waals surface area (Å²) in [6.07, 6.45) is 3.48. The number of rotatable bonds is 4. The van der Waals surface area contributed by atoms with Gasteiger partial charge in [-0.15, -0.1) is 0 Å². The summed E-state index contributed by atoms with van der Waals surface area (Å²) in [7, 11) is 0. The minimum absolute atomic E-state index is 0.192. The van der Waals surface area contributed by atoms with Crippen LogP contribution in [0.4, 0.5) is 4.79 Å². The number of nitrogens with zero attached hydrogens (tertiary/aromatic N) is 2. The maximum atomic E-state index is 11.6. The molecule has 19 heavy (non-hydrogen) atoms. The smallest absolute Gasteiger partial charge is 0.409 e. The molecule has 0 bridgehead atoms. The van der Waals surface area contributed by atoms with E-state index in [1.807, 2.05) is 13.0 Å². The SMILES string of the molecule is CCOC(=O)N1CCC(NC(C)c2ccn[nH]2)CC1. The Balaban J connectivity index is 1.76. The largest absolute Gasteiger partial charge is 0.450 e. The van der Waals surface area contributed by atoms with Gasteiger partial charge in [-0.2, -0.15) is 5.10 Å². The Morgan fingerprint density at radius 3 is 2.95 bits per heavy atom. The lowest BCUT2D eigenvalue weighted by molar-refractivity contribution is 0.0943. The van der Waals surface area contributed by atoms with Gasteiger partial charge in [0.15, 0.2) is 0 Å². The lowest BCUT2D eigenvalue weighted by Crippen LogP contribution is -2.45. The van der Waals surface area contributed by atoms with Crippen LogP contribution >= 0.6 is 0 Å². The van der Waals surface area contributed by atoms with Crippen molar-refractivity contribution in [1.29, 1.82) is 0 Å². The van der Waals surface area contributed by atoms with Crippen LogP contribution in [0.25, 0.3) is 0 Å². The zero-order valence-electron chi connectivity index (χ0n) is 11.6. The van der Waals surface area contributed by atoms with Gasteiger partial charge < -0.3 is 15.0 Å². The summed E-state index contributed by atoms with van der Waals surface area (Å²) in [5.41, 5.74) is 1.09. The number of ether oxygens (including phenoxy) is 1. The molecule has 0 aromatic carbocycles. The van der Waals surface area contributed by atoms with E-state index in [0.717, 1.165) is 31.6 Å². The Kier molecular flexibility index (Phi) is 4.79. The number of hydrogen-bond donors (Lipinski definition) is 2. The molecule has 106 valence electrons. The van der Waals surface area contributed by atoms with Gasteiger partial charge in [0.25, 0.3) is 0 Å². The number of piperidine rings is 1. The average molecular weight is 266 g/mol. The van der Waals surface area contributed by atoms with E-state index in [0.29, 0.717) is 12.6 Å². The highest BCUT2D eigenvalue weighted by Gasteiger charge is 2.24. The number of aromatic amines is 1. The first-order chi connectivity index (χ1) is 9.20. The molecule has 2 heterocycles. The van der Waals surface area contributed by atoms with Crippen LogP contribution in [0.15, 0.2) is 12.3 Å². The highest BCUT2D eigenvalue weighted by atomic mass is 16.6. The zero-order chi connectivity index (χ0) is 13.7. The molecule has 1 aromatic heterocycles. The van der Waals surface area contributed by atoms with Gasteiger partial charge in [0.1, 0.15) is 0 Å². The molecule has 6 nitrogen and oxygen atoms in total. The van der Waals surface area contributed by atoms with Crippen molar-refractivity contribution in [3.05, 3.63) is 18.0 Å². The summed E-state index contributed by atoms with van der Waals surface area (Å²) >= 11 is 0. The maximum Gasteiger partial charge on any atom is 0.409 e. The van der Waals surface area contributed by atoms with E-state index < -0.39 is 0 Å². The van der Waals surface area contributed by atoms with Crippen molar-refractivity contribution in [1.82, 2.24) is 20.4 Å². The van der Waals surface area contributed by atoms with Crippen LogP contribution in [-0.4, -0.2) is 46.9 Å². The molecule has 0 aliphatic carbocycles. The van der Waals surface area contributed by atoms with E-state index in [2.05, 4.69) is 22.4 Å². The van der Waals surface area contributed by atoms with E-state index in [1.165, 1.54) is 0 Å². The second kappa shape index (κ2) is 6.56. The van der Waals surface area contributed by atoms with Crippen LogP contribution in [0.5, 0.6) is 0 Å². The fraction of sp³-hybridized carbons (Fsp3) is 0.692. The van der Waals surface area contributed by atoms with Crippen LogP contribution in [0, 0.1) is 0 Å². The number of likely N-dealkylation sites (tertiary alicyclic amines) is 1. The zero-order valence-corrected chi connectivity index (χ0v) is 11.6. The molecule has 6 heteroatoms. The number of carbonyl (C=O) groups excluding carboxylic acids is 1. The minimum Gasteiger partial charge on any atom is -0.450 e. The molecule has 1 unspecified atom stereocenters. The van der Waals surface area contributed by atoms with Gasteiger partial charge in [-0.1, -0.05) is 0 Å². The van der Waals surface area contributed by atoms with Gasteiger partial charge in [0.2, 0.25) is 0 Å². The van der Waals surface area contributed by atoms with E-state index in [9.17, 15) is 4.79 Å². The number of carbonyl (C=O) groups is 1. The average Bonchev–Trinajstić information content (AvgIpc) is 2.94. The molecule has 1 amide bonds.